The van der Waals surface area contributed by atoms with E-state index in [1.807, 2.05) is 13.8 Å². The fourth-order valence-electron chi connectivity index (χ4n) is 3.29. The number of ether oxygens (including phenoxy) is 3. The average Bonchev–Trinajstić information content (AvgIpc) is 3.24. The Hall–Kier alpha value is -2.94. The SMILES string of the molecule is CCCC(CC)OC(=O)O[C@@]1(C#N)O[C@@H](c2ccc3c(N)ncnn23)[C@H](O)[C@@H]1O. The molecule has 0 bridgehead atoms. The summed E-state index contributed by atoms with van der Waals surface area (Å²) in [5.41, 5.74) is 6.55. The van der Waals surface area contributed by atoms with Crippen molar-refractivity contribution in [1.29, 1.82) is 5.26 Å². The summed E-state index contributed by atoms with van der Waals surface area (Å²) >= 11 is 0. The molecule has 0 amide bonds. The molecule has 0 spiro atoms. The summed E-state index contributed by atoms with van der Waals surface area (Å²) in [6.45, 7) is 3.79. The van der Waals surface area contributed by atoms with Crippen LogP contribution in [0.25, 0.3) is 5.52 Å². The Labute approximate surface area is 166 Å². The molecule has 0 aliphatic carbocycles. The molecule has 1 saturated heterocycles. The number of anilines is 1. The standard InChI is InChI=1S/C18H23N5O6/c1-3-5-10(4-2)27-17(26)29-18(8-19)15(25)13(24)14(28-18)11-6-7-12-16(20)21-9-22-23(11)12/h6-7,9-10,13-15,24-25H,3-5H2,1-2H3,(H2,20,21,22)/t10?,13-,14-,15-,18+/m0/s1. The number of fused-ring (bicyclic) bond motifs is 1. The van der Waals surface area contributed by atoms with E-state index >= 15 is 0 Å². The van der Waals surface area contributed by atoms with Crippen LogP contribution in [0.1, 0.15) is 44.9 Å². The van der Waals surface area contributed by atoms with Crippen molar-refractivity contribution in [3.8, 4) is 6.07 Å². The number of aromatic nitrogens is 3. The first-order chi connectivity index (χ1) is 13.9. The molecule has 11 nitrogen and oxygen atoms in total. The van der Waals surface area contributed by atoms with Crippen molar-refractivity contribution in [2.75, 3.05) is 5.73 Å². The predicted molar refractivity (Wildman–Crippen MR) is 98.1 cm³/mol. The van der Waals surface area contributed by atoms with Gasteiger partial charge < -0.3 is 30.2 Å². The molecular weight excluding hydrogens is 382 g/mol. The average molecular weight is 405 g/mol. The zero-order chi connectivity index (χ0) is 21.2. The smallest absolute Gasteiger partial charge is 0.431 e. The van der Waals surface area contributed by atoms with Crippen LogP contribution >= 0.6 is 0 Å². The van der Waals surface area contributed by atoms with E-state index in [0.717, 1.165) is 6.42 Å². The van der Waals surface area contributed by atoms with E-state index in [9.17, 15) is 20.3 Å². The molecule has 1 fully saturated rings. The predicted octanol–water partition coefficient (Wildman–Crippen LogP) is 1.06. The summed E-state index contributed by atoms with van der Waals surface area (Å²) in [6, 6.07) is 4.80. The first-order valence-electron chi connectivity index (χ1n) is 9.29. The Morgan fingerprint density at radius 2 is 2.24 bits per heavy atom. The van der Waals surface area contributed by atoms with Crippen LogP contribution in [0.4, 0.5) is 10.6 Å². The van der Waals surface area contributed by atoms with Gasteiger partial charge in [-0.25, -0.2) is 14.3 Å². The fourth-order valence-corrected chi connectivity index (χ4v) is 3.29. The van der Waals surface area contributed by atoms with Crippen LogP contribution in [0.5, 0.6) is 0 Å². The van der Waals surface area contributed by atoms with Gasteiger partial charge in [-0.05, 0) is 25.0 Å². The molecule has 0 aromatic carbocycles. The number of carbonyl (C=O) groups excluding carboxylic acids is 1. The number of hydrogen-bond acceptors (Lipinski definition) is 10. The number of aliphatic hydroxyl groups excluding tert-OH is 2. The highest BCUT2D eigenvalue weighted by atomic mass is 16.8. The Kier molecular flexibility index (Phi) is 5.88. The van der Waals surface area contributed by atoms with Gasteiger partial charge in [0, 0.05) is 0 Å². The molecule has 29 heavy (non-hydrogen) atoms. The summed E-state index contributed by atoms with van der Waals surface area (Å²) in [4.78, 5) is 16.1. The maximum atomic E-state index is 12.2. The van der Waals surface area contributed by atoms with E-state index in [1.54, 1.807) is 18.2 Å². The van der Waals surface area contributed by atoms with Gasteiger partial charge in [0.1, 0.15) is 36.2 Å². The van der Waals surface area contributed by atoms with Crippen molar-refractivity contribution < 1.29 is 29.2 Å². The molecule has 11 heteroatoms. The van der Waals surface area contributed by atoms with Crippen molar-refractivity contribution in [3.63, 3.8) is 0 Å². The van der Waals surface area contributed by atoms with E-state index in [1.165, 1.54) is 10.8 Å². The van der Waals surface area contributed by atoms with Crippen LogP contribution in [0, 0.1) is 11.3 Å². The van der Waals surface area contributed by atoms with Gasteiger partial charge in [-0.15, -0.1) is 0 Å². The molecule has 2 aromatic heterocycles. The van der Waals surface area contributed by atoms with Gasteiger partial charge in [0.05, 0.1) is 5.69 Å². The number of carbonyl (C=O) groups is 1. The summed E-state index contributed by atoms with van der Waals surface area (Å²) in [5, 5.41) is 34.6. The molecule has 3 heterocycles. The summed E-state index contributed by atoms with van der Waals surface area (Å²) in [7, 11) is 0. The van der Waals surface area contributed by atoms with Gasteiger partial charge in [-0.2, -0.15) is 10.4 Å². The Morgan fingerprint density at radius 1 is 1.48 bits per heavy atom. The summed E-state index contributed by atoms with van der Waals surface area (Å²) in [5.74, 6) is -2.24. The van der Waals surface area contributed by atoms with Gasteiger partial charge >= 0.3 is 11.9 Å². The lowest BCUT2D eigenvalue weighted by atomic mass is 10.0. The van der Waals surface area contributed by atoms with Gasteiger partial charge in [0.15, 0.2) is 11.9 Å². The van der Waals surface area contributed by atoms with E-state index in [4.69, 9.17) is 19.9 Å². The molecule has 5 atom stereocenters. The first-order valence-corrected chi connectivity index (χ1v) is 9.29. The molecule has 4 N–H and O–H groups in total. The Bertz CT molecular complexity index is 927. The molecule has 1 aliphatic heterocycles. The topological polar surface area (TPSA) is 165 Å². The molecule has 1 aliphatic rings. The minimum absolute atomic E-state index is 0.201. The van der Waals surface area contributed by atoms with E-state index < -0.39 is 36.4 Å². The second kappa shape index (κ2) is 8.20. The number of nitrogens with zero attached hydrogens (tertiary/aromatic N) is 4. The number of hydrogen-bond donors (Lipinski definition) is 3. The van der Waals surface area contributed by atoms with Crippen molar-refractivity contribution in [2.45, 2.75) is 63.3 Å². The first kappa shape index (κ1) is 20.8. The highest BCUT2D eigenvalue weighted by Gasteiger charge is 2.59. The molecule has 3 rings (SSSR count). The molecule has 0 radical (unpaired) electrons. The highest BCUT2D eigenvalue weighted by molar-refractivity contribution is 5.65. The normalized spacial score (nSPS) is 27.5. The third-order valence-corrected chi connectivity index (χ3v) is 4.85. The third kappa shape index (κ3) is 3.69. The molecule has 2 aromatic rings. The second-order valence-corrected chi connectivity index (χ2v) is 6.74. The maximum Gasteiger partial charge on any atom is 0.512 e. The lowest BCUT2D eigenvalue weighted by molar-refractivity contribution is -0.202. The molecular formula is C18H23N5O6. The van der Waals surface area contributed by atoms with Crippen LogP contribution in [0.3, 0.4) is 0 Å². The van der Waals surface area contributed by atoms with E-state index in [0.29, 0.717) is 24.1 Å². The number of nitrogen functional groups attached to an aromatic ring is 1. The van der Waals surface area contributed by atoms with Gasteiger partial charge in [-0.3, -0.25) is 0 Å². The summed E-state index contributed by atoms with van der Waals surface area (Å²) in [6.07, 6.45) is -2.98. The van der Waals surface area contributed by atoms with Crippen LogP contribution in [-0.2, 0) is 14.2 Å². The van der Waals surface area contributed by atoms with Crippen molar-refractivity contribution in [3.05, 3.63) is 24.2 Å². The number of nitriles is 1. The highest BCUT2D eigenvalue weighted by Crippen LogP contribution is 2.41. The van der Waals surface area contributed by atoms with Crippen LogP contribution in [0.15, 0.2) is 18.5 Å². The Morgan fingerprint density at radius 3 is 2.90 bits per heavy atom. The van der Waals surface area contributed by atoms with Crippen LogP contribution in [-0.4, -0.2) is 55.1 Å². The minimum Gasteiger partial charge on any atom is -0.431 e. The quantitative estimate of drug-likeness (QED) is 0.591. The van der Waals surface area contributed by atoms with Crippen molar-refractivity contribution >= 4 is 17.5 Å². The number of rotatable bonds is 6. The number of nitrogens with two attached hydrogens (primary N) is 1. The zero-order valence-electron chi connectivity index (χ0n) is 16.1. The van der Waals surface area contributed by atoms with Crippen LogP contribution in [0.2, 0.25) is 0 Å². The molecule has 1 unspecified atom stereocenters. The van der Waals surface area contributed by atoms with E-state index in [-0.39, 0.29) is 5.82 Å². The molecule has 156 valence electrons. The van der Waals surface area contributed by atoms with Gasteiger partial charge in [0.2, 0.25) is 0 Å². The lowest BCUT2D eigenvalue weighted by Gasteiger charge is -2.25. The summed E-state index contributed by atoms with van der Waals surface area (Å²) < 4.78 is 17.2. The second-order valence-electron chi connectivity index (χ2n) is 6.74. The third-order valence-electron chi connectivity index (χ3n) is 4.85. The lowest BCUT2D eigenvalue weighted by Crippen LogP contribution is -2.46. The van der Waals surface area contributed by atoms with Gasteiger partial charge in [-0.1, -0.05) is 20.3 Å². The minimum atomic E-state index is -2.44. The number of aliphatic hydroxyl groups is 2. The van der Waals surface area contributed by atoms with Crippen LogP contribution < -0.4 is 5.73 Å². The van der Waals surface area contributed by atoms with Crippen molar-refractivity contribution in [2.24, 2.45) is 0 Å². The monoisotopic (exact) mass is 405 g/mol. The largest absolute Gasteiger partial charge is 0.512 e. The van der Waals surface area contributed by atoms with Crippen molar-refractivity contribution in [1.82, 2.24) is 14.6 Å². The van der Waals surface area contributed by atoms with E-state index in [2.05, 4.69) is 10.1 Å². The Balaban J connectivity index is 1.85. The zero-order valence-corrected chi connectivity index (χ0v) is 16.1. The molecule has 0 saturated carbocycles. The maximum absolute atomic E-state index is 12.2. The fraction of sp³-hybridized carbons (Fsp3) is 0.556. The van der Waals surface area contributed by atoms with Gasteiger partial charge in [0.25, 0.3) is 0 Å².